The van der Waals surface area contributed by atoms with E-state index in [-0.39, 0.29) is 19.0 Å². The van der Waals surface area contributed by atoms with Crippen LogP contribution >= 0.6 is 12.4 Å². The van der Waals surface area contributed by atoms with Gasteiger partial charge in [-0.1, -0.05) is 18.2 Å². The third kappa shape index (κ3) is 2.50. The Balaban J connectivity index is 0.00000121. The molecule has 2 heteroatoms. The van der Waals surface area contributed by atoms with Crippen molar-refractivity contribution in [2.24, 2.45) is 0 Å². The lowest BCUT2D eigenvalue weighted by atomic mass is 10.0. The summed E-state index contributed by atoms with van der Waals surface area (Å²) in [6.07, 6.45) is 0.771. The minimum atomic E-state index is 0. The van der Waals surface area contributed by atoms with Gasteiger partial charge in [0.05, 0.1) is 0 Å². The molecule has 0 aliphatic heterocycles. The summed E-state index contributed by atoms with van der Waals surface area (Å²) in [6, 6.07) is 6.20. The number of hydrogen-bond acceptors (Lipinski definition) is 1. The number of hydrogen-bond donors (Lipinski definition) is 1. The van der Waals surface area contributed by atoms with Crippen LogP contribution in [0.2, 0.25) is 0 Å². The van der Waals surface area contributed by atoms with Gasteiger partial charge in [0, 0.05) is 6.61 Å². The minimum Gasteiger partial charge on any atom is -0.396 e. The highest BCUT2D eigenvalue weighted by Crippen LogP contribution is 2.12. The van der Waals surface area contributed by atoms with E-state index in [0.717, 1.165) is 6.42 Å². The molecule has 1 rings (SSSR count). The average Bonchev–Trinajstić information content (AvgIpc) is 1.99. The van der Waals surface area contributed by atoms with Crippen LogP contribution < -0.4 is 0 Å². The van der Waals surface area contributed by atoms with Gasteiger partial charge in [0.25, 0.3) is 0 Å². The lowest BCUT2D eigenvalue weighted by molar-refractivity contribution is 0.299. The summed E-state index contributed by atoms with van der Waals surface area (Å²) in [4.78, 5) is 0. The number of aliphatic hydroxyl groups is 1. The van der Waals surface area contributed by atoms with Crippen molar-refractivity contribution < 1.29 is 5.11 Å². The Hall–Kier alpha value is -0.530. The quantitative estimate of drug-likeness (QED) is 0.752. The van der Waals surface area contributed by atoms with E-state index in [0.29, 0.717) is 0 Å². The summed E-state index contributed by atoms with van der Waals surface area (Å²) in [6.45, 7) is 4.43. The molecule has 0 heterocycles. The van der Waals surface area contributed by atoms with Gasteiger partial charge in [0.15, 0.2) is 0 Å². The monoisotopic (exact) mass is 186 g/mol. The molecule has 0 radical (unpaired) electrons. The molecule has 1 aromatic rings. The van der Waals surface area contributed by atoms with Crippen LogP contribution in [-0.2, 0) is 6.42 Å². The summed E-state index contributed by atoms with van der Waals surface area (Å²) in [7, 11) is 0. The first-order valence-corrected chi connectivity index (χ1v) is 3.91. The maximum atomic E-state index is 8.74. The summed E-state index contributed by atoms with van der Waals surface area (Å²) < 4.78 is 0. The van der Waals surface area contributed by atoms with Gasteiger partial charge in [0.2, 0.25) is 0 Å². The molecule has 0 aliphatic rings. The first-order valence-electron chi connectivity index (χ1n) is 3.91. The fourth-order valence-corrected chi connectivity index (χ4v) is 1.20. The number of halogens is 1. The van der Waals surface area contributed by atoms with Crippen LogP contribution in [-0.4, -0.2) is 11.7 Å². The Morgan fingerprint density at radius 2 is 1.92 bits per heavy atom. The number of rotatable bonds is 2. The predicted octanol–water partition coefficient (Wildman–Crippen LogP) is 2.26. The SMILES string of the molecule is Cc1cccc(CCO)c1C.Cl. The van der Waals surface area contributed by atoms with Gasteiger partial charge in [0.1, 0.15) is 0 Å². The van der Waals surface area contributed by atoms with Crippen molar-refractivity contribution in [3.05, 3.63) is 34.9 Å². The molecule has 0 spiro atoms. The lowest BCUT2D eigenvalue weighted by Gasteiger charge is -2.05. The van der Waals surface area contributed by atoms with Gasteiger partial charge in [-0.2, -0.15) is 0 Å². The zero-order valence-corrected chi connectivity index (χ0v) is 8.32. The van der Waals surface area contributed by atoms with Crippen molar-refractivity contribution >= 4 is 12.4 Å². The van der Waals surface area contributed by atoms with Crippen LogP contribution in [0.3, 0.4) is 0 Å². The molecule has 0 aromatic heterocycles. The number of aliphatic hydroxyl groups excluding tert-OH is 1. The van der Waals surface area contributed by atoms with E-state index in [2.05, 4.69) is 26.0 Å². The zero-order chi connectivity index (χ0) is 8.27. The highest BCUT2D eigenvalue weighted by Gasteiger charge is 1.98. The second kappa shape index (κ2) is 5.18. The number of benzene rings is 1. The molecule has 1 aromatic carbocycles. The van der Waals surface area contributed by atoms with Gasteiger partial charge in [-0.15, -0.1) is 12.4 Å². The molecule has 0 amide bonds. The number of aryl methyl sites for hydroxylation is 1. The molecule has 0 bridgehead atoms. The first kappa shape index (κ1) is 11.5. The van der Waals surface area contributed by atoms with Crippen LogP contribution in [0, 0.1) is 13.8 Å². The molecule has 12 heavy (non-hydrogen) atoms. The molecule has 68 valence electrons. The van der Waals surface area contributed by atoms with Gasteiger partial charge in [-0.05, 0) is 37.0 Å². The van der Waals surface area contributed by atoms with E-state index in [1.165, 1.54) is 16.7 Å². The van der Waals surface area contributed by atoms with Crippen LogP contribution in [0.5, 0.6) is 0 Å². The van der Waals surface area contributed by atoms with Crippen molar-refractivity contribution in [3.63, 3.8) is 0 Å². The topological polar surface area (TPSA) is 20.2 Å². The molecule has 0 aliphatic carbocycles. The molecular weight excluding hydrogens is 172 g/mol. The van der Waals surface area contributed by atoms with Gasteiger partial charge in [-0.3, -0.25) is 0 Å². The van der Waals surface area contributed by atoms with Crippen LogP contribution in [0.15, 0.2) is 18.2 Å². The Bertz CT molecular complexity index is 246. The fourth-order valence-electron chi connectivity index (χ4n) is 1.20. The smallest absolute Gasteiger partial charge is 0.0471 e. The minimum absolute atomic E-state index is 0. The molecule has 1 N–H and O–H groups in total. The molecule has 0 saturated heterocycles. The van der Waals surface area contributed by atoms with Gasteiger partial charge in [-0.25, -0.2) is 0 Å². The molecule has 0 unspecified atom stereocenters. The molecule has 0 saturated carbocycles. The Labute approximate surface area is 79.8 Å². The average molecular weight is 187 g/mol. The molecule has 0 atom stereocenters. The van der Waals surface area contributed by atoms with E-state index in [1.807, 2.05) is 6.07 Å². The summed E-state index contributed by atoms with van der Waals surface area (Å²) in [5.41, 5.74) is 3.87. The van der Waals surface area contributed by atoms with Crippen LogP contribution in [0.25, 0.3) is 0 Å². The summed E-state index contributed by atoms with van der Waals surface area (Å²) in [5, 5.41) is 8.74. The van der Waals surface area contributed by atoms with E-state index < -0.39 is 0 Å². The zero-order valence-electron chi connectivity index (χ0n) is 7.50. The lowest BCUT2D eigenvalue weighted by Crippen LogP contribution is -1.95. The van der Waals surface area contributed by atoms with Gasteiger partial charge >= 0.3 is 0 Å². The van der Waals surface area contributed by atoms with Crippen molar-refractivity contribution in [2.75, 3.05) is 6.61 Å². The van der Waals surface area contributed by atoms with E-state index in [1.54, 1.807) is 0 Å². The van der Waals surface area contributed by atoms with E-state index in [9.17, 15) is 0 Å². The third-order valence-electron chi connectivity index (χ3n) is 2.10. The summed E-state index contributed by atoms with van der Waals surface area (Å²) in [5.74, 6) is 0. The normalized spacial score (nSPS) is 9.25. The van der Waals surface area contributed by atoms with Crippen molar-refractivity contribution in [1.29, 1.82) is 0 Å². The molecule has 1 nitrogen and oxygen atoms in total. The fraction of sp³-hybridized carbons (Fsp3) is 0.400. The van der Waals surface area contributed by atoms with Crippen molar-refractivity contribution in [3.8, 4) is 0 Å². The Morgan fingerprint density at radius 3 is 2.50 bits per heavy atom. The highest BCUT2D eigenvalue weighted by molar-refractivity contribution is 5.85. The Kier molecular flexibility index (Phi) is 4.95. The first-order chi connectivity index (χ1) is 5.25. The van der Waals surface area contributed by atoms with Crippen molar-refractivity contribution in [2.45, 2.75) is 20.3 Å². The standard InChI is InChI=1S/C10H14O.ClH/c1-8-4-3-5-10(6-7-11)9(8)2;/h3-5,11H,6-7H2,1-2H3;1H. The van der Waals surface area contributed by atoms with Crippen LogP contribution in [0.1, 0.15) is 16.7 Å². The second-order valence-electron chi connectivity index (χ2n) is 2.83. The highest BCUT2D eigenvalue weighted by atomic mass is 35.5. The van der Waals surface area contributed by atoms with Crippen molar-refractivity contribution in [1.82, 2.24) is 0 Å². The molecular formula is C10H15ClO. The maximum absolute atomic E-state index is 8.74. The third-order valence-corrected chi connectivity index (χ3v) is 2.10. The van der Waals surface area contributed by atoms with E-state index in [4.69, 9.17) is 5.11 Å². The predicted molar refractivity (Wildman–Crippen MR) is 54.0 cm³/mol. The summed E-state index contributed by atoms with van der Waals surface area (Å²) >= 11 is 0. The van der Waals surface area contributed by atoms with Crippen LogP contribution in [0.4, 0.5) is 0 Å². The largest absolute Gasteiger partial charge is 0.396 e. The second-order valence-corrected chi connectivity index (χ2v) is 2.83. The van der Waals surface area contributed by atoms with Gasteiger partial charge < -0.3 is 5.11 Å². The maximum Gasteiger partial charge on any atom is 0.0471 e. The molecule has 0 fully saturated rings. The van der Waals surface area contributed by atoms with E-state index >= 15 is 0 Å². The Morgan fingerprint density at radius 1 is 1.25 bits per heavy atom.